The Morgan fingerprint density at radius 3 is 2.41 bits per heavy atom. The molecule has 27 heavy (non-hydrogen) atoms. The number of hydrogen-bond acceptors (Lipinski definition) is 6. The van der Waals surface area contributed by atoms with E-state index in [0.717, 1.165) is 44.8 Å². The van der Waals surface area contributed by atoms with Gasteiger partial charge in [-0.2, -0.15) is 0 Å². The molecule has 0 bridgehead atoms. The number of nitrogens with zero attached hydrogens (tertiary/aromatic N) is 2. The molecule has 8 nitrogen and oxygen atoms in total. The number of aliphatic carboxylic acids is 1. The molecule has 1 atom stereocenters. The maximum atomic E-state index is 11.8. The van der Waals surface area contributed by atoms with Gasteiger partial charge in [0.1, 0.15) is 6.04 Å². The molecule has 0 spiro atoms. The van der Waals surface area contributed by atoms with Crippen LogP contribution in [0.5, 0.6) is 0 Å². The van der Waals surface area contributed by atoms with Crippen LogP contribution >= 0.6 is 0 Å². The van der Waals surface area contributed by atoms with Crippen molar-refractivity contribution in [2.45, 2.75) is 25.3 Å². The van der Waals surface area contributed by atoms with Gasteiger partial charge in [0.05, 0.1) is 6.54 Å². The molecule has 146 valence electrons. The number of carboxylic acid groups (broad SMARTS) is 1. The van der Waals surface area contributed by atoms with E-state index < -0.39 is 5.97 Å². The minimum Gasteiger partial charge on any atom is -0.480 e. The van der Waals surface area contributed by atoms with Crippen molar-refractivity contribution in [3.05, 3.63) is 29.8 Å². The fourth-order valence-electron chi connectivity index (χ4n) is 3.45. The van der Waals surface area contributed by atoms with E-state index in [4.69, 9.17) is 5.11 Å². The standard InChI is InChI=1S/C19H26N4O4/c24-17-6-5-16(19(27)21-17)20-15-3-1-14(2-4-15)7-8-22-9-11-23(12-10-22)13-18(25)26/h1-4,16,20H,5-13H2,(H,25,26)(H,21,24,27). The van der Waals surface area contributed by atoms with Gasteiger partial charge in [-0.15, -0.1) is 0 Å². The molecule has 0 aliphatic carbocycles. The van der Waals surface area contributed by atoms with Crippen LogP contribution in [-0.4, -0.2) is 78.0 Å². The predicted molar refractivity (Wildman–Crippen MR) is 100 cm³/mol. The Hall–Kier alpha value is -2.45. The van der Waals surface area contributed by atoms with E-state index in [1.165, 1.54) is 5.56 Å². The van der Waals surface area contributed by atoms with E-state index in [-0.39, 0.29) is 24.4 Å². The number of piperidine rings is 1. The molecule has 3 N–H and O–H groups in total. The first kappa shape index (κ1) is 19.3. The molecule has 0 saturated carbocycles. The Balaban J connectivity index is 1.41. The highest BCUT2D eigenvalue weighted by Crippen LogP contribution is 2.15. The van der Waals surface area contributed by atoms with Crippen molar-refractivity contribution in [1.29, 1.82) is 0 Å². The van der Waals surface area contributed by atoms with Gasteiger partial charge in [0.25, 0.3) is 0 Å². The Bertz CT molecular complexity index is 683. The van der Waals surface area contributed by atoms with Crippen molar-refractivity contribution in [2.24, 2.45) is 0 Å². The molecule has 2 aliphatic rings. The van der Waals surface area contributed by atoms with E-state index in [0.29, 0.717) is 12.8 Å². The summed E-state index contributed by atoms with van der Waals surface area (Å²) in [6.45, 7) is 4.43. The average molecular weight is 374 g/mol. The van der Waals surface area contributed by atoms with Gasteiger partial charge in [-0.3, -0.25) is 24.6 Å². The van der Waals surface area contributed by atoms with Crippen molar-refractivity contribution < 1.29 is 19.5 Å². The van der Waals surface area contributed by atoms with Crippen LogP contribution in [0.4, 0.5) is 5.69 Å². The Morgan fingerprint density at radius 1 is 1.11 bits per heavy atom. The molecule has 2 saturated heterocycles. The van der Waals surface area contributed by atoms with Crippen LogP contribution in [0.3, 0.4) is 0 Å². The number of benzene rings is 1. The molecule has 2 heterocycles. The van der Waals surface area contributed by atoms with Gasteiger partial charge in [-0.05, 0) is 30.5 Å². The van der Waals surface area contributed by atoms with E-state index in [1.807, 2.05) is 17.0 Å². The lowest BCUT2D eigenvalue weighted by Gasteiger charge is -2.33. The number of piperazine rings is 1. The summed E-state index contributed by atoms with van der Waals surface area (Å²) in [5, 5.41) is 14.4. The first-order chi connectivity index (χ1) is 13.0. The Labute approximate surface area is 158 Å². The minimum absolute atomic E-state index is 0.121. The fraction of sp³-hybridized carbons (Fsp3) is 0.526. The minimum atomic E-state index is -0.769. The highest BCUT2D eigenvalue weighted by molar-refractivity contribution is 6.01. The molecule has 0 aromatic heterocycles. The van der Waals surface area contributed by atoms with Crippen molar-refractivity contribution in [2.75, 3.05) is 44.6 Å². The Kier molecular flexibility index (Phi) is 6.41. The zero-order valence-corrected chi connectivity index (χ0v) is 15.3. The zero-order valence-electron chi connectivity index (χ0n) is 15.3. The van der Waals surface area contributed by atoms with E-state index in [9.17, 15) is 14.4 Å². The van der Waals surface area contributed by atoms with E-state index in [1.54, 1.807) is 0 Å². The first-order valence-corrected chi connectivity index (χ1v) is 9.35. The van der Waals surface area contributed by atoms with Gasteiger partial charge in [0.15, 0.2) is 0 Å². The first-order valence-electron chi connectivity index (χ1n) is 9.35. The predicted octanol–water partition coefficient (Wildman–Crippen LogP) is 0.148. The van der Waals surface area contributed by atoms with Gasteiger partial charge in [0, 0.05) is 44.8 Å². The lowest BCUT2D eigenvalue weighted by Crippen LogP contribution is -2.48. The van der Waals surface area contributed by atoms with Crippen LogP contribution in [0.1, 0.15) is 18.4 Å². The number of imide groups is 1. The third kappa shape index (κ3) is 5.77. The molecule has 8 heteroatoms. The van der Waals surface area contributed by atoms with Crippen LogP contribution in [-0.2, 0) is 20.8 Å². The Morgan fingerprint density at radius 2 is 1.78 bits per heavy atom. The summed E-state index contributed by atoms with van der Waals surface area (Å²) < 4.78 is 0. The van der Waals surface area contributed by atoms with Crippen LogP contribution in [0.2, 0.25) is 0 Å². The summed E-state index contributed by atoms with van der Waals surface area (Å²) in [5.74, 6) is -1.25. The van der Waals surface area contributed by atoms with Gasteiger partial charge in [-0.1, -0.05) is 12.1 Å². The van der Waals surface area contributed by atoms with E-state index >= 15 is 0 Å². The molecular formula is C19H26N4O4. The number of amides is 2. The van der Waals surface area contributed by atoms with Crippen molar-refractivity contribution in [1.82, 2.24) is 15.1 Å². The lowest BCUT2D eigenvalue weighted by atomic mass is 10.1. The molecule has 2 fully saturated rings. The fourth-order valence-corrected chi connectivity index (χ4v) is 3.45. The summed E-state index contributed by atoms with van der Waals surface area (Å²) in [7, 11) is 0. The second-order valence-corrected chi connectivity index (χ2v) is 7.11. The number of nitrogens with one attached hydrogen (secondary N) is 2. The summed E-state index contributed by atoms with van der Waals surface area (Å²) >= 11 is 0. The van der Waals surface area contributed by atoms with Gasteiger partial charge >= 0.3 is 5.97 Å². The van der Waals surface area contributed by atoms with Crippen LogP contribution in [0.15, 0.2) is 24.3 Å². The second kappa shape index (κ2) is 8.96. The molecule has 2 aliphatic heterocycles. The maximum absolute atomic E-state index is 11.8. The summed E-state index contributed by atoms with van der Waals surface area (Å²) in [6, 6.07) is 7.66. The van der Waals surface area contributed by atoms with Crippen molar-refractivity contribution in [3.63, 3.8) is 0 Å². The molecule has 3 rings (SSSR count). The number of anilines is 1. The summed E-state index contributed by atoms with van der Waals surface area (Å²) in [4.78, 5) is 38.1. The maximum Gasteiger partial charge on any atom is 0.317 e. The average Bonchev–Trinajstić information content (AvgIpc) is 2.64. The second-order valence-electron chi connectivity index (χ2n) is 7.11. The largest absolute Gasteiger partial charge is 0.480 e. The quantitative estimate of drug-likeness (QED) is 0.584. The molecule has 1 aromatic rings. The highest BCUT2D eigenvalue weighted by atomic mass is 16.4. The topological polar surface area (TPSA) is 102 Å². The van der Waals surface area contributed by atoms with Crippen LogP contribution in [0, 0.1) is 0 Å². The smallest absolute Gasteiger partial charge is 0.317 e. The molecule has 0 radical (unpaired) electrons. The molecule has 1 aromatic carbocycles. The number of rotatable bonds is 7. The number of hydrogen-bond donors (Lipinski definition) is 3. The van der Waals surface area contributed by atoms with Gasteiger partial charge in [0.2, 0.25) is 11.8 Å². The zero-order chi connectivity index (χ0) is 19.2. The lowest BCUT2D eigenvalue weighted by molar-refractivity contribution is -0.139. The highest BCUT2D eigenvalue weighted by Gasteiger charge is 2.26. The van der Waals surface area contributed by atoms with Gasteiger partial charge < -0.3 is 15.3 Å². The number of carbonyl (C=O) groups excluding carboxylic acids is 2. The number of carboxylic acids is 1. The summed E-state index contributed by atoms with van der Waals surface area (Å²) in [6.07, 6.45) is 1.80. The molecule has 2 amide bonds. The monoisotopic (exact) mass is 374 g/mol. The van der Waals surface area contributed by atoms with Crippen molar-refractivity contribution in [3.8, 4) is 0 Å². The SMILES string of the molecule is O=C(O)CN1CCN(CCc2ccc(NC3CCC(=O)NC3=O)cc2)CC1. The number of carbonyl (C=O) groups is 3. The third-order valence-electron chi connectivity index (χ3n) is 5.07. The normalized spacial score (nSPS) is 21.7. The van der Waals surface area contributed by atoms with Gasteiger partial charge in [-0.25, -0.2) is 0 Å². The van der Waals surface area contributed by atoms with Crippen LogP contribution < -0.4 is 10.6 Å². The molecule has 1 unspecified atom stereocenters. The van der Waals surface area contributed by atoms with E-state index in [2.05, 4.69) is 27.7 Å². The van der Waals surface area contributed by atoms with Crippen molar-refractivity contribution >= 4 is 23.5 Å². The van der Waals surface area contributed by atoms with Crippen LogP contribution in [0.25, 0.3) is 0 Å². The molecular weight excluding hydrogens is 348 g/mol. The third-order valence-corrected chi connectivity index (χ3v) is 5.07. The summed E-state index contributed by atoms with van der Waals surface area (Å²) in [5.41, 5.74) is 2.09.